The predicted molar refractivity (Wildman–Crippen MR) is 134 cm³/mol. The highest BCUT2D eigenvalue weighted by Crippen LogP contribution is 2.38. The molecule has 3 aromatic rings. The summed E-state index contributed by atoms with van der Waals surface area (Å²) in [7, 11) is -0.834. The number of alkyl halides is 3. The van der Waals surface area contributed by atoms with Crippen LogP contribution in [0.25, 0.3) is 0 Å². The molecule has 0 bridgehead atoms. The summed E-state index contributed by atoms with van der Waals surface area (Å²) < 4.78 is 99.3. The smallest absolute Gasteiger partial charge is 0.406 e. The van der Waals surface area contributed by atoms with Crippen LogP contribution >= 0.6 is 0 Å². The lowest BCUT2D eigenvalue weighted by atomic mass is 9.78. The second-order valence-electron chi connectivity index (χ2n) is 9.37. The highest BCUT2D eigenvalue weighted by Gasteiger charge is 2.35. The fraction of sp³-hybridized carbons (Fsp3) is 0.360. The van der Waals surface area contributed by atoms with E-state index in [9.17, 15) is 26.0 Å². The maximum Gasteiger partial charge on any atom is 0.573 e. The van der Waals surface area contributed by atoms with Gasteiger partial charge in [-0.3, -0.25) is 4.72 Å². The van der Waals surface area contributed by atoms with Crippen molar-refractivity contribution in [1.82, 2.24) is 14.9 Å². The van der Waals surface area contributed by atoms with Crippen LogP contribution in [0.3, 0.4) is 0 Å². The number of anilines is 2. The first-order chi connectivity index (χ1) is 18.3. The molecule has 0 saturated heterocycles. The molecule has 0 unspecified atom stereocenters. The van der Waals surface area contributed by atoms with Crippen LogP contribution in [0, 0.1) is 11.6 Å². The number of ether oxygens (including phenoxy) is 1. The standard InChI is InChI=1S/C25H26F5N5O3S/c1-35(2)22-11-16(15-4-3-5-17(10-15)38-25(28,29)30)6-7-20(22)33-21-12-19(27)23(13-18(21)26)39(36,37)34-24-8-9-31-14-32-24/h3-5,8-10,12-14,16,20,22,33H,6-7,11H2,1-2H3,(H,31,32,34)/t16-,20-,22-/m0/s1. The number of rotatable bonds is 8. The molecule has 14 heteroatoms. The van der Waals surface area contributed by atoms with Crippen LogP contribution in [0.15, 0.2) is 59.9 Å². The molecule has 1 heterocycles. The number of nitrogens with zero attached hydrogens (tertiary/aromatic N) is 3. The zero-order chi connectivity index (χ0) is 28.4. The van der Waals surface area contributed by atoms with Crippen molar-refractivity contribution in [1.29, 1.82) is 0 Å². The van der Waals surface area contributed by atoms with Crippen LogP contribution in [-0.2, 0) is 10.0 Å². The quantitative estimate of drug-likeness (QED) is 0.362. The molecular formula is C25H26F5N5O3S. The zero-order valence-corrected chi connectivity index (χ0v) is 21.7. The maximum absolute atomic E-state index is 15.0. The molecule has 4 rings (SSSR count). The molecule has 1 saturated carbocycles. The number of halogens is 5. The van der Waals surface area contributed by atoms with Gasteiger partial charge in [-0.05, 0) is 69.1 Å². The van der Waals surface area contributed by atoms with Crippen LogP contribution in [0.2, 0.25) is 0 Å². The van der Waals surface area contributed by atoms with Gasteiger partial charge in [0.15, 0.2) is 0 Å². The molecule has 1 aliphatic carbocycles. The SMILES string of the molecule is CN(C)[C@H]1C[C@@H](c2cccc(OC(F)(F)F)c2)CC[C@@H]1Nc1cc(F)c(S(=O)(=O)Nc2ccncn2)cc1F. The van der Waals surface area contributed by atoms with Gasteiger partial charge in [0.2, 0.25) is 0 Å². The van der Waals surface area contributed by atoms with Crippen LogP contribution in [0.1, 0.15) is 30.7 Å². The Bertz CT molecular complexity index is 1410. The predicted octanol–water partition coefficient (Wildman–Crippen LogP) is 5.13. The number of nitrogens with one attached hydrogen (secondary N) is 2. The molecule has 1 aliphatic rings. The molecule has 1 fully saturated rings. The number of hydrogen-bond donors (Lipinski definition) is 2. The maximum atomic E-state index is 15.0. The molecular weight excluding hydrogens is 545 g/mol. The van der Waals surface area contributed by atoms with Gasteiger partial charge in [0.1, 0.15) is 34.4 Å². The summed E-state index contributed by atoms with van der Waals surface area (Å²) in [4.78, 5) is 8.41. The van der Waals surface area contributed by atoms with Crippen molar-refractivity contribution in [2.75, 3.05) is 24.1 Å². The summed E-state index contributed by atoms with van der Waals surface area (Å²) in [5.41, 5.74) is 0.481. The number of benzene rings is 2. The molecule has 2 N–H and O–H groups in total. The first-order valence-electron chi connectivity index (χ1n) is 11.9. The minimum absolute atomic E-state index is 0.0887. The minimum atomic E-state index is -4.80. The molecule has 8 nitrogen and oxygen atoms in total. The van der Waals surface area contributed by atoms with Gasteiger partial charge in [-0.15, -0.1) is 13.2 Å². The lowest BCUT2D eigenvalue weighted by Crippen LogP contribution is -2.47. The van der Waals surface area contributed by atoms with Gasteiger partial charge in [-0.25, -0.2) is 27.2 Å². The molecule has 39 heavy (non-hydrogen) atoms. The van der Waals surface area contributed by atoms with E-state index in [0.717, 1.165) is 12.4 Å². The van der Waals surface area contributed by atoms with E-state index >= 15 is 4.39 Å². The largest absolute Gasteiger partial charge is 0.573 e. The van der Waals surface area contributed by atoms with E-state index in [1.54, 1.807) is 6.07 Å². The van der Waals surface area contributed by atoms with Crippen LogP contribution < -0.4 is 14.8 Å². The number of sulfonamides is 1. The van der Waals surface area contributed by atoms with Crippen molar-refractivity contribution >= 4 is 21.5 Å². The topological polar surface area (TPSA) is 96.5 Å². The third-order valence-electron chi connectivity index (χ3n) is 6.52. The van der Waals surface area contributed by atoms with Crippen molar-refractivity contribution in [3.8, 4) is 5.75 Å². The lowest BCUT2D eigenvalue weighted by Gasteiger charge is -2.41. The summed E-state index contributed by atoms with van der Waals surface area (Å²) in [6.07, 6.45) is -0.820. The summed E-state index contributed by atoms with van der Waals surface area (Å²) >= 11 is 0. The van der Waals surface area contributed by atoms with E-state index in [1.165, 1.54) is 30.5 Å². The summed E-state index contributed by atoms with van der Waals surface area (Å²) in [6.45, 7) is 0. The summed E-state index contributed by atoms with van der Waals surface area (Å²) in [5, 5.41) is 3.00. The fourth-order valence-corrected chi connectivity index (χ4v) is 5.82. The molecule has 0 radical (unpaired) electrons. The monoisotopic (exact) mass is 571 g/mol. The van der Waals surface area contributed by atoms with Crippen LogP contribution in [0.4, 0.5) is 33.5 Å². The first-order valence-corrected chi connectivity index (χ1v) is 13.4. The van der Waals surface area contributed by atoms with E-state index in [0.29, 0.717) is 30.9 Å². The van der Waals surface area contributed by atoms with E-state index < -0.39 is 32.9 Å². The minimum Gasteiger partial charge on any atom is -0.406 e. The van der Waals surface area contributed by atoms with Crippen molar-refractivity contribution in [3.05, 3.63) is 72.2 Å². The number of likely N-dealkylation sites (N-methyl/N-ethyl adjacent to an activating group) is 1. The first kappa shape index (κ1) is 28.5. The van der Waals surface area contributed by atoms with E-state index in [4.69, 9.17) is 0 Å². The van der Waals surface area contributed by atoms with Gasteiger partial charge in [0.05, 0.1) is 5.69 Å². The average Bonchev–Trinajstić information content (AvgIpc) is 2.85. The van der Waals surface area contributed by atoms with E-state index in [2.05, 4.69) is 24.7 Å². The van der Waals surface area contributed by atoms with E-state index in [1.807, 2.05) is 19.0 Å². The molecule has 0 amide bonds. The second kappa shape index (κ2) is 11.3. The van der Waals surface area contributed by atoms with Gasteiger partial charge in [0.25, 0.3) is 10.0 Å². The second-order valence-corrected chi connectivity index (χ2v) is 11.0. The van der Waals surface area contributed by atoms with Crippen molar-refractivity contribution < 1.29 is 35.1 Å². The molecule has 0 spiro atoms. The third-order valence-corrected chi connectivity index (χ3v) is 7.89. The lowest BCUT2D eigenvalue weighted by molar-refractivity contribution is -0.274. The highest BCUT2D eigenvalue weighted by atomic mass is 32.2. The average molecular weight is 572 g/mol. The summed E-state index contributed by atoms with van der Waals surface area (Å²) in [5.74, 6) is -2.61. The third kappa shape index (κ3) is 7.12. The Morgan fingerprint density at radius 1 is 1.05 bits per heavy atom. The Hall–Kier alpha value is -3.52. The van der Waals surface area contributed by atoms with Crippen molar-refractivity contribution in [3.63, 3.8) is 0 Å². The molecule has 0 aliphatic heterocycles. The zero-order valence-electron chi connectivity index (χ0n) is 20.9. The molecule has 3 atom stereocenters. The fourth-order valence-electron chi connectivity index (χ4n) is 4.74. The molecule has 210 valence electrons. The Labute approximate surface area is 222 Å². The Morgan fingerprint density at radius 3 is 2.49 bits per heavy atom. The van der Waals surface area contributed by atoms with Gasteiger partial charge < -0.3 is 15.0 Å². The molecule has 2 aromatic carbocycles. The normalized spacial score (nSPS) is 20.1. The van der Waals surface area contributed by atoms with Crippen molar-refractivity contribution in [2.45, 2.75) is 48.5 Å². The molecule has 1 aromatic heterocycles. The van der Waals surface area contributed by atoms with Crippen LogP contribution in [0.5, 0.6) is 5.75 Å². The van der Waals surface area contributed by atoms with Crippen molar-refractivity contribution in [2.24, 2.45) is 0 Å². The Balaban J connectivity index is 1.50. The number of hydrogen-bond acceptors (Lipinski definition) is 7. The Kier molecular flexibility index (Phi) is 8.25. The van der Waals surface area contributed by atoms with Gasteiger partial charge >= 0.3 is 6.36 Å². The van der Waals surface area contributed by atoms with Gasteiger partial charge in [0, 0.05) is 24.3 Å². The highest BCUT2D eigenvalue weighted by molar-refractivity contribution is 7.92. The summed E-state index contributed by atoms with van der Waals surface area (Å²) in [6, 6.07) is 7.95. The van der Waals surface area contributed by atoms with E-state index in [-0.39, 0.29) is 35.3 Å². The van der Waals surface area contributed by atoms with Crippen LogP contribution in [-0.4, -0.2) is 55.8 Å². The number of aromatic nitrogens is 2. The van der Waals surface area contributed by atoms with Gasteiger partial charge in [-0.2, -0.15) is 0 Å². The Morgan fingerprint density at radius 2 is 1.82 bits per heavy atom. The van der Waals surface area contributed by atoms with Gasteiger partial charge in [-0.1, -0.05) is 12.1 Å².